The minimum absolute atomic E-state index is 0. The van der Waals surface area contributed by atoms with Crippen LogP contribution in [0.4, 0.5) is 13.2 Å². The van der Waals surface area contributed by atoms with E-state index in [1.807, 2.05) is 0 Å². The summed E-state index contributed by atoms with van der Waals surface area (Å²) >= 11 is 0. The van der Waals surface area contributed by atoms with Crippen LogP contribution in [0, 0.1) is 0 Å². The first-order valence-corrected chi connectivity index (χ1v) is 5.72. The van der Waals surface area contributed by atoms with Gasteiger partial charge in [0.1, 0.15) is 0 Å². The molecule has 0 aliphatic carbocycles. The van der Waals surface area contributed by atoms with Gasteiger partial charge in [0.15, 0.2) is 0 Å². The molecule has 1 atom stereocenters. The zero-order valence-electron chi connectivity index (χ0n) is 9.83. The van der Waals surface area contributed by atoms with Gasteiger partial charge in [-0.05, 0) is 11.6 Å². The highest BCUT2D eigenvalue weighted by atomic mass is 35.5. The lowest BCUT2D eigenvalue weighted by molar-refractivity contribution is -0.137. The van der Waals surface area contributed by atoms with Crippen molar-refractivity contribution in [2.75, 3.05) is 19.6 Å². The molecule has 2 aliphatic rings. The van der Waals surface area contributed by atoms with Crippen LogP contribution in [0.15, 0.2) is 18.2 Å². The molecule has 1 fully saturated rings. The number of nitrogens with one attached hydrogen (secondary N) is 1. The maximum Gasteiger partial charge on any atom is 0.417 e. The van der Waals surface area contributed by atoms with Crippen molar-refractivity contribution in [3.8, 4) is 0 Å². The van der Waals surface area contributed by atoms with E-state index >= 15 is 0 Å². The van der Waals surface area contributed by atoms with Crippen LogP contribution in [-0.2, 0) is 6.18 Å². The van der Waals surface area contributed by atoms with Crippen LogP contribution >= 0.6 is 12.4 Å². The van der Waals surface area contributed by atoms with Crippen molar-refractivity contribution in [2.24, 2.45) is 0 Å². The number of hydrogen-bond acceptors (Lipinski definition) is 2. The second-order valence-electron chi connectivity index (χ2n) is 4.49. The summed E-state index contributed by atoms with van der Waals surface area (Å²) in [6.45, 7) is 1.59. The average molecular weight is 293 g/mol. The molecule has 0 spiro atoms. The SMILES string of the molecule is Cl.O=C1c2c(cccc2C(F)(F)F)[C@H]2CNCCN12. The Hall–Kier alpha value is -1.27. The van der Waals surface area contributed by atoms with Gasteiger partial charge in [0, 0.05) is 19.6 Å². The molecule has 19 heavy (non-hydrogen) atoms. The summed E-state index contributed by atoms with van der Waals surface area (Å²) in [7, 11) is 0. The van der Waals surface area contributed by atoms with Gasteiger partial charge in [-0.1, -0.05) is 12.1 Å². The van der Waals surface area contributed by atoms with E-state index in [2.05, 4.69) is 5.32 Å². The van der Waals surface area contributed by atoms with E-state index in [9.17, 15) is 18.0 Å². The number of hydrogen-bond donors (Lipinski definition) is 1. The average Bonchev–Trinajstić information content (AvgIpc) is 2.63. The number of carbonyl (C=O) groups is 1. The monoisotopic (exact) mass is 292 g/mol. The van der Waals surface area contributed by atoms with E-state index in [-0.39, 0.29) is 24.0 Å². The van der Waals surface area contributed by atoms with Gasteiger partial charge in [0.25, 0.3) is 5.91 Å². The summed E-state index contributed by atoms with van der Waals surface area (Å²) in [5.74, 6) is -0.496. The van der Waals surface area contributed by atoms with E-state index in [0.29, 0.717) is 25.2 Å². The van der Waals surface area contributed by atoms with E-state index in [0.717, 1.165) is 6.07 Å². The lowest BCUT2D eigenvalue weighted by atomic mass is 9.99. The van der Waals surface area contributed by atoms with Crippen molar-refractivity contribution in [3.63, 3.8) is 0 Å². The van der Waals surface area contributed by atoms with Crippen LogP contribution in [0.2, 0.25) is 0 Å². The number of halogens is 4. The number of nitrogens with zero attached hydrogens (tertiary/aromatic N) is 1. The van der Waals surface area contributed by atoms with Crippen molar-refractivity contribution >= 4 is 18.3 Å². The Bertz CT molecular complexity index is 518. The topological polar surface area (TPSA) is 32.3 Å². The molecule has 2 aliphatic heterocycles. The second kappa shape index (κ2) is 4.68. The van der Waals surface area contributed by atoms with Crippen LogP contribution < -0.4 is 5.32 Å². The number of alkyl halides is 3. The van der Waals surface area contributed by atoms with Crippen molar-refractivity contribution in [3.05, 3.63) is 34.9 Å². The lowest BCUT2D eigenvalue weighted by Gasteiger charge is -2.30. The van der Waals surface area contributed by atoms with Crippen molar-refractivity contribution in [2.45, 2.75) is 12.2 Å². The predicted molar refractivity (Wildman–Crippen MR) is 65.3 cm³/mol. The summed E-state index contributed by atoms with van der Waals surface area (Å²) in [5.41, 5.74) is -0.500. The van der Waals surface area contributed by atoms with E-state index in [1.165, 1.54) is 11.0 Å². The van der Waals surface area contributed by atoms with Crippen LogP contribution in [0.25, 0.3) is 0 Å². The highest BCUT2D eigenvalue weighted by Gasteiger charge is 2.44. The Morgan fingerprint density at radius 2 is 2.05 bits per heavy atom. The molecule has 7 heteroatoms. The first-order valence-electron chi connectivity index (χ1n) is 5.72. The summed E-state index contributed by atoms with van der Waals surface area (Å²) in [5, 5.41) is 3.10. The fourth-order valence-electron chi connectivity index (χ4n) is 2.69. The minimum Gasteiger partial charge on any atom is -0.329 e. The van der Waals surface area contributed by atoms with Crippen molar-refractivity contribution < 1.29 is 18.0 Å². The van der Waals surface area contributed by atoms with Gasteiger partial charge in [-0.15, -0.1) is 12.4 Å². The molecule has 0 unspecified atom stereocenters. The first-order chi connectivity index (χ1) is 8.50. The molecule has 1 aromatic carbocycles. The van der Waals surface area contributed by atoms with Crippen LogP contribution in [0.3, 0.4) is 0 Å². The lowest BCUT2D eigenvalue weighted by Crippen LogP contribution is -2.44. The summed E-state index contributed by atoms with van der Waals surface area (Å²) in [6.07, 6.45) is -4.48. The number of piperazine rings is 1. The highest BCUT2D eigenvalue weighted by molar-refractivity contribution is 6.01. The molecule has 3 nitrogen and oxygen atoms in total. The van der Waals surface area contributed by atoms with Crippen molar-refractivity contribution in [1.29, 1.82) is 0 Å². The fourth-order valence-corrected chi connectivity index (χ4v) is 2.69. The molecule has 1 N–H and O–H groups in total. The third-order valence-corrected chi connectivity index (χ3v) is 3.48. The molecule has 2 heterocycles. The van der Waals surface area contributed by atoms with Crippen LogP contribution in [0.5, 0.6) is 0 Å². The van der Waals surface area contributed by atoms with Crippen LogP contribution in [-0.4, -0.2) is 30.4 Å². The number of amides is 1. The Kier molecular flexibility index (Phi) is 3.49. The molecule has 1 amide bonds. The largest absolute Gasteiger partial charge is 0.417 e. The van der Waals surface area contributed by atoms with E-state index < -0.39 is 17.6 Å². The molecular weight excluding hydrogens is 281 g/mol. The maximum atomic E-state index is 12.9. The molecular formula is C12H12ClF3N2O. The molecule has 1 saturated heterocycles. The molecule has 0 radical (unpaired) electrons. The molecule has 0 saturated carbocycles. The summed E-state index contributed by atoms with van der Waals surface area (Å²) < 4.78 is 38.7. The van der Waals surface area contributed by atoms with Crippen molar-refractivity contribution in [1.82, 2.24) is 10.2 Å². The minimum atomic E-state index is -4.48. The number of rotatable bonds is 0. The predicted octanol–water partition coefficient (Wildman–Crippen LogP) is 2.23. The zero-order valence-corrected chi connectivity index (χ0v) is 10.6. The fraction of sp³-hybridized carbons (Fsp3) is 0.417. The summed E-state index contributed by atoms with van der Waals surface area (Å²) in [6, 6.07) is 3.69. The summed E-state index contributed by atoms with van der Waals surface area (Å²) in [4.78, 5) is 13.6. The number of fused-ring (bicyclic) bond motifs is 3. The Morgan fingerprint density at radius 1 is 1.32 bits per heavy atom. The molecule has 104 valence electrons. The molecule has 3 rings (SSSR count). The maximum absolute atomic E-state index is 12.9. The van der Waals surface area contributed by atoms with Gasteiger partial charge in [0.05, 0.1) is 17.2 Å². The van der Waals surface area contributed by atoms with Gasteiger partial charge in [0.2, 0.25) is 0 Å². The first kappa shape index (κ1) is 14.1. The normalized spacial score (nSPS) is 21.7. The molecule has 1 aromatic rings. The van der Waals surface area contributed by atoms with Gasteiger partial charge in [-0.3, -0.25) is 4.79 Å². The van der Waals surface area contributed by atoms with E-state index in [1.54, 1.807) is 6.07 Å². The third-order valence-electron chi connectivity index (χ3n) is 3.48. The molecule has 0 bridgehead atoms. The third kappa shape index (κ3) is 2.08. The quantitative estimate of drug-likeness (QED) is 0.795. The van der Waals surface area contributed by atoms with E-state index in [4.69, 9.17) is 0 Å². The van der Waals surface area contributed by atoms with Gasteiger partial charge < -0.3 is 10.2 Å². The number of benzene rings is 1. The second-order valence-corrected chi connectivity index (χ2v) is 4.49. The van der Waals surface area contributed by atoms with Gasteiger partial charge >= 0.3 is 6.18 Å². The Morgan fingerprint density at radius 3 is 2.74 bits per heavy atom. The van der Waals surface area contributed by atoms with Crippen LogP contribution in [0.1, 0.15) is 27.5 Å². The number of carbonyl (C=O) groups excluding carboxylic acids is 1. The molecule has 0 aromatic heterocycles. The highest BCUT2D eigenvalue weighted by Crippen LogP contribution is 2.41. The zero-order chi connectivity index (χ0) is 12.9. The standard InChI is InChI=1S/C12H11F3N2O.ClH/c13-12(14,15)8-3-1-2-7-9-6-16-4-5-17(9)11(18)10(7)8;/h1-3,9,16H,4-6H2;1H/t9-;/m1./s1. The van der Waals surface area contributed by atoms with Gasteiger partial charge in [-0.2, -0.15) is 13.2 Å². The Labute approximate surface area is 114 Å². The Balaban J connectivity index is 0.00000133. The smallest absolute Gasteiger partial charge is 0.329 e. The van der Waals surface area contributed by atoms with Gasteiger partial charge in [-0.25, -0.2) is 0 Å².